The van der Waals surface area contributed by atoms with Crippen molar-refractivity contribution in [2.45, 2.75) is 90.3 Å². The van der Waals surface area contributed by atoms with Crippen LogP contribution < -0.4 is 9.80 Å². The topological polar surface area (TPSA) is 19.0 Å². The van der Waals surface area contributed by atoms with Gasteiger partial charge in [0.1, 0.15) is 0 Å². The lowest BCUT2D eigenvalue weighted by molar-refractivity contribution is -0.00522. The number of piperazine rings is 1. The molecule has 2 aliphatic carbocycles. The number of unbranched alkanes of at least 4 members (excludes halogenated alkanes) is 1. The second-order valence-corrected chi connectivity index (χ2v) is 11.4. The minimum absolute atomic E-state index is 0. The normalized spacial score (nSPS) is 28.1. The molecule has 5 rings (SSSR count). The van der Waals surface area contributed by atoms with Crippen molar-refractivity contribution >= 4 is 23.8 Å². The maximum atomic E-state index is 6.02. The van der Waals surface area contributed by atoms with Gasteiger partial charge >= 0.3 is 0 Å². The molecule has 2 aliphatic heterocycles. The monoisotopic (exact) mass is 475 g/mol. The Bertz CT molecular complexity index is 754. The first-order valence-electron chi connectivity index (χ1n) is 13.6. The van der Waals surface area contributed by atoms with Crippen molar-refractivity contribution in [3.05, 3.63) is 23.8 Å². The fourth-order valence-electron chi connectivity index (χ4n) is 6.55. The number of halogens is 1. The summed E-state index contributed by atoms with van der Waals surface area (Å²) in [7, 11) is 0. The van der Waals surface area contributed by atoms with Gasteiger partial charge in [-0.25, -0.2) is 0 Å². The summed E-state index contributed by atoms with van der Waals surface area (Å²) in [6.07, 6.45) is 11.9. The number of hydrogen-bond donors (Lipinski definition) is 0. The quantitative estimate of drug-likeness (QED) is 0.496. The molecular weight excluding hydrogens is 430 g/mol. The number of ether oxygens (including phenoxy) is 1. The highest BCUT2D eigenvalue weighted by atomic mass is 35.5. The first-order valence-corrected chi connectivity index (χ1v) is 13.6. The van der Waals surface area contributed by atoms with Crippen LogP contribution in [0.1, 0.15) is 83.6 Å². The van der Waals surface area contributed by atoms with Gasteiger partial charge in [0.05, 0.1) is 12.2 Å². The van der Waals surface area contributed by atoms with Crippen molar-refractivity contribution in [1.29, 1.82) is 0 Å². The third-order valence-electron chi connectivity index (χ3n) is 8.78. The molecule has 0 bridgehead atoms. The molecule has 33 heavy (non-hydrogen) atoms. The summed E-state index contributed by atoms with van der Waals surface area (Å²) in [6.45, 7) is 14.8. The highest BCUT2D eigenvalue weighted by molar-refractivity contribution is 5.85. The van der Waals surface area contributed by atoms with E-state index in [1.54, 1.807) is 5.56 Å². The van der Waals surface area contributed by atoms with Crippen LogP contribution in [0.25, 0.3) is 0 Å². The Kier molecular flexibility index (Phi) is 8.18. The van der Waals surface area contributed by atoms with E-state index in [0.717, 1.165) is 24.4 Å². The van der Waals surface area contributed by atoms with Crippen LogP contribution in [0.4, 0.5) is 11.4 Å². The zero-order chi connectivity index (χ0) is 22.1. The Balaban J connectivity index is 0.00000259. The smallest absolute Gasteiger partial charge is 0.0726 e. The first kappa shape index (κ1) is 25.1. The number of nitrogens with zero attached hydrogens (tertiary/aromatic N) is 3. The van der Waals surface area contributed by atoms with Gasteiger partial charge in [-0.15, -0.1) is 12.4 Å². The van der Waals surface area contributed by atoms with Gasteiger partial charge in [-0.3, -0.25) is 4.90 Å². The maximum Gasteiger partial charge on any atom is 0.0726 e. The van der Waals surface area contributed by atoms with Crippen LogP contribution in [0.5, 0.6) is 0 Å². The predicted molar refractivity (Wildman–Crippen MR) is 142 cm³/mol. The van der Waals surface area contributed by atoms with Gasteiger partial charge in [-0.05, 0) is 100 Å². The SMILES string of the molecule is CCCCN1CCN(c2ccc(N3C[C@@H](C)O[C@@H](C)C3)cc2C2CCC3(CC2)CC3)CC1.Cl. The first-order chi connectivity index (χ1) is 15.5. The highest BCUT2D eigenvalue weighted by Crippen LogP contribution is 2.59. The molecule has 0 aromatic heterocycles. The van der Waals surface area contributed by atoms with Crippen molar-refractivity contribution < 1.29 is 4.74 Å². The average Bonchev–Trinajstić information content (AvgIpc) is 3.56. The molecule has 2 saturated heterocycles. The van der Waals surface area contributed by atoms with Crippen LogP contribution in [0.3, 0.4) is 0 Å². The fraction of sp³-hybridized carbons (Fsp3) is 0.786. The largest absolute Gasteiger partial charge is 0.372 e. The molecule has 1 aromatic rings. The van der Waals surface area contributed by atoms with Crippen molar-refractivity contribution in [3.63, 3.8) is 0 Å². The van der Waals surface area contributed by atoms with Gasteiger partial charge in [-0.1, -0.05) is 13.3 Å². The van der Waals surface area contributed by atoms with Crippen LogP contribution in [0, 0.1) is 5.41 Å². The molecule has 1 aromatic carbocycles. The second-order valence-electron chi connectivity index (χ2n) is 11.4. The van der Waals surface area contributed by atoms with E-state index in [2.05, 4.69) is 53.7 Å². The molecule has 186 valence electrons. The van der Waals surface area contributed by atoms with Crippen molar-refractivity contribution in [3.8, 4) is 0 Å². The predicted octanol–water partition coefficient (Wildman–Crippen LogP) is 6.08. The molecule has 2 heterocycles. The number of rotatable bonds is 6. The Morgan fingerprint density at radius 1 is 0.909 bits per heavy atom. The summed E-state index contributed by atoms with van der Waals surface area (Å²) in [5.41, 5.74) is 5.36. The molecule has 4 fully saturated rings. The zero-order valence-electron chi connectivity index (χ0n) is 21.2. The third kappa shape index (κ3) is 5.82. The lowest BCUT2D eigenvalue weighted by Gasteiger charge is -2.40. The Morgan fingerprint density at radius 2 is 1.58 bits per heavy atom. The van der Waals surface area contributed by atoms with Gasteiger partial charge < -0.3 is 14.5 Å². The fourth-order valence-corrected chi connectivity index (χ4v) is 6.55. The van der Waals surface area contributed by atoms with Gasteiger partial charge in [0.15, 0.2) is 0 Å². The summed E-state index contributed by atoms with van der Waals surface area (Å²) >= 11 is 0. The lowest BCUT2D eigenvalue weighted by atomic mass is 9.76. The van der Waals surface area contributed by atoms with E-state index in [0.29, 0.717) is 12.2 Å². The highest BCUT2D eigenvalue weighted by Gasteiger charge is 2.45. The second kappa shape index (κ2) is 10.7. The molecular formula is C28H46ClN3O. The van der Waals surface area contributed by atoms with Crippen molar-refractivity contribution in [1.82, 2.24) is 4.90 Å². The van der Waals surface area contributed by atoms with Gasteiger partial charge in [-0.2, -0.15) is 0 Å². The Hall–Kier alpha value is -0.970. The number of hydrogen-bond acceptors (Lipinski definition) is 4. The molecule has 2 atom stereocenters. The van der Waals surface area contributed by atoms with Crippen LogP contribution in [0.15, 0.2) is 18.2 Å². The molecule has 0 N–H and O–H groups in total. The van der Waals surface area contributed by atoms with E-state index >= 15 is 0 Å². The number of morpholine rings is 1. The molecule has 1 spiro atoms. The van der Waals surface area contributed by atoms with E-state index in [-0.39, 0.29) is 12.4 Å². The summed E-state index contributed by atoms with van der Waals surface area (Å²) < 4.78 is 6.02. The Morgan fingerprint density at radius 3 is 2.18 bits per heavy atom. The Labute approximate surface area is 208 Å². The van der Waals surface area contributed by atoms with E-state index in [1.165, 1.54) is 95.5 Å². The minimum Gasteiger partial charge on any atom is -0.372 e. The molecule has 4 nitrogen and oxygen atoms in total. The summed E-state index contributed by atoms with van der Waals surface area (Å²) in [5, 5.41) is 0. The molecule has 4 aliphatic rings. The molecule has 0 radical (unpaired) electrons. The summed E-state index contributed by atoms with van der Waals surface area (Å²) in [6, 6.07) is 7.45. The van der Waals surface area contributed by atoms with Crippen LogP contribution in [-0.2, 0) is 4.74 Å². The molecule has 2 saturated carbocycles. The van der Waals surface area contributed by atoms with Crippen LogP contribution >= 0.6 is 12.4 Å². The molecule has 0 unspecified atom stereocenters. The van der Waals surface area contributed by atoms with E-state index in [9.17, 15) is 0 Å². The van der Waals surface area contributed by atoms with Gasteiger partial charge in [0.25, 0.3) is 0 Å². The van der Waals surface area contributed by atoms with Crippen molar-refractivity contribution in [2.24, 2.45) is 5.41 Å². The summed E-state index contributed by atoms with van der Waals surface area (Å²) in [4.78, 5) is 7.94. The standard InChI is InChI=1S/C28H45N3O.ClH/c1-4-5-14-29-15-17-30(18-16-29)27-7-6-25(31-20-22(2)32-23(3)21-31)19-26(27)24-8-10-28(11-9-24)12-13-28;/h6-7,19,22-24H,4-5,8-18,20-21H2,1-3H3;1H/t22-,23+;. The van der Waals surface area contributed by atoms with Crippen molar-refractivity contribution in [2.75, 3.05) is 55.6 Å². The average molecular weight is 476 g/mol. The third-order valence-corrected chi connectivity index (χ3v) is 8.78. The molecule has 5 heteroatoms. The minimum atomic E-state index is 0. The van der Waals surface area contributed by atoms with E-state index < -0.39 is 0 Å². The molecule has 0 amide bonds. The maximum absolute atomic E-state index is 6.02. The van der Waals surface area contributed by atoms with Gasteiger partial charge in [0.2, 0.25) is 0 Å². The summed E-state index contributed by atoms with van der Waals surface area (Å²) in [5.74, 6) is 0.741. The number of benzene rings is 1. The lowest BCUT2D eigenvalue weighted by Crippen LogP contribution is -2.47. The van der Waals surface area contributed by atoms with E-state index in [4.69, 9.17) is 4.74 Å². The number of anilines is 2. The van der Waals surface area contributed by atoms with Crippen LogP contribution in [0.2, 0.25) is 0 Å². The van der Waals surface area contributed by atoms with Crippen LogP contribution in [-0.4, -0.2) is 62.9 Å². The zero-order valence-corrected chi connectivity index (χ0v) is 22.0. The van der Waals surface area contributed by atoms with Gasteiger partial charge in [0, 0.05) is 50.6 Å². The van der Waals surface area contributed by atoms with E-state index in [1.807, 2.05) is 0 Å².